The van der Waals surface area contributed by atoms with E-state index in [2.05, 4.69) is 270 Å². The zero-order chi connectivity index (χ0) is 45.7. The summed E-state index contributed by atoms with van der Waals surface area (Å²) >= 11 is 0. The molecule has 0 amide bonds. The van der Waals surface area contributed by atoms with Crippen molar-refractivity contribution in [2.75, 3.05) is 4.90 Å². The van der Waals surface area contributed by atoms with E-state index in [0.717, 1.165) is 78.0 Å². The van der Waals surface area contributed by atoms with E-state index in [9.17, 15) is 0 Å². The maximum atomic E-state index is 6.61. The van der Waals surface area contributed by atoms with Crippen LogP contribution in [0.3, 0.4) is 0 Å². The smallest absolute Gasteiger partial charge is 0.136 e. The standard InChI is InChI=1S/C66H44N2O/c1-4-17-45(18-5-1)46-31-33-49(34-32-46)56-27-16-29-62(66(56)50-37-41-60-59-26-13-15-30-64(59)69-65(60)43-50)67(52-38-35-48(36-39-52)55-24-11-10-23-54(55)47-19-6-2-7-20-47)53-40-42-58-57-25-12-14-28-61(57)68(63(58)44-53)51-21-8-3-9-22-51/h1-44H. The van der Waals surface area contributed by atoms with Gasteiger partial charge in [0.15, 0.2) is 0 Å². The Balaban J connectivity index is 1.06. The van der Waals surface area contributed by atoms with Crippen LogP contribution in [0.15, 0.2) is 271 Å². The van der Waals surface area contributed by atoms with Crippen LogP contribution in [0.4, 0.5) is 17.1 Å². The van der Waals surface area contributed by atoms with Crippen LogP contribution in [0.1, 0.15) is 0 Å². The van der Waals surface area contributed by atoms with Crippen LogP contribution in [0, 0.1) is 0 Å². The van der Waals surface area contributed by atoms with Gasteiger partial charge in [-0.25, -0.2) is 0 Å². The number of benzene rings is 11. The van der Waals surface area contributed by atoms with Gasteiger partial charge in [-0.3, -0.25) is 0 Å². The monoisotopic (exact) mass is 880 g/mol. The molecule has 0 atom stereocenters. The van der Waals surface area contributed by atoms with Crippen molar-refractivity contribution in [1.82, 2.24) is 4.57 Å². The zero-order valence-corrected chi connectivity index (χ0v) is 37.7. The van der Waals surface area contributed by atoms with Crippen molar-refractivity contribution in [1.29, 1.82) is 0 Å². The van der Waals surface area contributed by atoms with E-state index in [-0.39, 0.29) is 0 Å². The predicted molar refractivity (Wildman–Crippen MR) is 290 cm³/mol. The molecule has 2 aromatic heterocycles. The fraction of sp³-hybridized carbons (Fsp3) is 0. The van der Waals surface area contributed by atoms with Crippen LogP contribution in [-0.4, -0.2) is 4.57 Å². The van der Waals surface area contributed by atoms with E-state index >= 15 is 0 Å². The van der Waals surface area contributed by atoms with Crippen molar-refractivity contribution in [3.05, 3.63) is 267 Å². The molecule has 11 aromatic carbocycles. The molecule has 3 nitrogen and oxygen atoms in total. The van der Waals surface area contributed by atoms with Gasteiger partial charge in [0.25, 0.3) is 0 Å². The number of aromatic nitrogens is 1. The maximum Gasteiger partial charge on any atom is 0.136 e. The Bertz CT molecular complexity index is 3980. The SMILES string of the molecule is c1ccc(-c2ccc(-c3cccc(N(c4ccc(-c5ccccc5-c5ccccc5)cc4)c4ccc5c6ccccc6n(-c6ccccc6)c5c4)c3-c3ccc4c(c3)oc3ccccc34)cc2)cc1. The molecule has 0 aliphatic heterocycles. The number of hydrogen-bond acceptors (Lipinski definition) is 2. The zero-order valence-electron chi connectivity index (χ0n) is 37.7. The summed E-state index contributed by atoms with van der Waals surface area (Å²) in [7, 11) is 0. The first-order valence-electron chi connectivity index (χ1n) is 23.6. The average molecular weight is 881 g/mol. The Labute approximate surface area is 401 Å². The quantitative estimate of drug-likeness (QED) is 0.144. The van der Waals surface area contributed by atoms with E-state index in [1.807, 2.05) is 6.07 Å². The van der Waals surface area contributed by atoms with Gasteiger partial charge in [-0.05, 0) is 117 Å². The molecule has 0 saturated carbocycles. The molecule has 0 bridgehead atoms. The predicted octanol–water partition coefficient (Wildman–Crippen LogP) is 18.5. The molecule has 13 aromatic rings. The van der Waals surface area contributed by atoms with Crippen molar-refractivity contribution in [2.24, 2.45) is 0 Å². The van der Waals surface area contributed by atoms with Gasteiger partial charge in [0.1, 0.15) is 11.2 Å². The first-order valence-corrected chi connectivity index (χ1v) is 23.6. The number of para-hydroxylation sites is 3. The minimum atomic E-state index is 0.857. The highest BCUT2D eigenvalue weighted by Crippen LogP contribution is 2.48. The van der Waals surface area contributed by atoms with Crippen molar-refractivity contribution in [3.8, 4) is 61.3 Å². The minimum absolute atomic E-state index is 0.857. The van der Waals surface area contributed by atoms with E-state index in [4.69, 9.17) is 4.42 Å². The molecule has 0 aliphatic rings. The lowest BCUT2D eigenvalue weighted by Crippen LogP contribution is -2.12. The van der Waals surface area contributed by atoms with Crippen molar-refractivity contribution in [2.45, 2.75) is 0 Å². The molecular formula is C66H44N2O. The highest BCUT2D eigenvalue weighted by molar-refractivity contribution is 6.11. The number of hydrogen-bond donors (Lipinski definition) is 0. The highest BCUT2D eigenvalue weighted by Gasteiger charge is 2.24. The molecule has 3 heteroatoms. The lowest BCUT2D eigenvalue weighted by molar-refractivity contribution is 0.669. The van der Waals surface area contributed by atoms with Crippen molar-refractivity contribution < 1.29 is 4.42 Å². The fourth-order valence-electron chi connectivity index (χ4n) is 10.4. The highest BCUT2D eigenvalue weighted by atomic mass is 16.3. The van der Waals surface area contributed by atoms with Crippen LogP contribution < -0.4 is 4.90 Å². The molecule has 0 spiro atoms. The molecule has 2 heterocycles. The van der Waals surface area contributed by atoms with Crippen LogP contribution in [0.2, 0.25) is 0 Å². The summed E-state index contributed by atoms with van der Waals surface area (Å²) in [4.78, 5) is 2.44. The first-order chi connectivity index (χ1) is 34.2. The van der Waals surface area contributed by atoms with Gasteiger partial charge in [-0.1, -0.05) is 200 Å². The molecule has 0 aliphatic carbocycles. The second-order valence-electron chi connectivity index (χ2n) is 17.6. The lowest BCUT2D eigenvalue weighted by Gasteiger charge is -2.29. The first kappa shape index (κ1) is 40.1. The second-order valence-corrected chi connectivity index (χ2v) is 17.6. The fourth-order valence-corrected chi connectivity index (χ4v) is 10.4. The van der Waals surface area contributed by atoms with Gasteiger partial charge in [0, 0.05) is 44.2 Å². The largest absolute Gasteiger partial charge is 0.456 e. The Morgan fingerprint density at radius 1 is 0.290 bits per heavy atom. The summed E-state index contributed by atoms with van der Waals surface area (Å²) in [5.74, 6) is 0. The summed E-state index contributed by atoms with van der Waals surface area (Å²) in [6.07, 6.45) is 0. The number of nitrogens with zero attached hydrogens (tertiary/aromatic N) is 2. The van der Waals surface area contributed by atoms with Crippen molar-refractivity contribution >= 4 is 60.8 Å². The Morgan fingerprint density at radius 3 is 1.54 bits per heavy atom. The molecule has 0 radical (unpaired) electrons. The number of fused-ring (bicyclic) bond motifs is 6. The summed E-state index contributed by atoms with van der Waals surface area (Å²) in [6, 6.07) is 96.2. The number of anilines is 3. The van der Waals surface area contributed by atoms with Crippen LogP contribution in [0.5, 0.6) is 0 Å². The summed E-state index contributed by atoms with van der Waals surface area (Å²) in [5.41, 5.74) is 19.8. The van der Waals surface area contributed by atoms with Gasteiger partial charge in [0.05, 0.1) is 16.7 Å². The van der Waals surface area contributed by atoms with Crippen LogP contribution in [0.25, 0.3) is 105 Å². The molecule has 69 heavy (non-hydrogen) atoms. The Hall–Kier alpha value is -9.18. The van der Waals surface area contributed by atoms with Gasteiger partial charge >= 0.3 is 0 Å². The number of furan rings is 1. The lowest BCUT2D eigenvalue weighted by atomic mass is 9.90. The molecule has 0 N–H and O–H groups in total. The third kappa shape index (κ3) is 7.08. The third-order valence-electron chi connectivity index (χ3n) is 13.6. The van der Waals surface area contributed by atoms with E-state index in [1.54, 1.807) is 0 Å². The third-order valence-corrected chi connectivity index (χ3v) is 13.6. The maximum absolute atomic E-state index is 6.61. The van der Waals surface area contributed by atoms with Crippen LogP contribution >= 0.6 is 0 Å². The van der Waals surface area contributed by atoms with Crippen molar-refractivity contribution in [3.63, 3.8) is 0 Å². The van der Waals surface area contributed by atoms with E-state index < -0.39 is 0 Å². The van der Waals surface area contributed by atoms with Gasteiger partial charge in [-0.15, -0.1) is 0 Å². The van der Waals surface area contributed by atoms with Gasteiger partial charge in [-0.2, -0.15) is 0 Å². The molecule has 0 unspecified atom stereocenters. The topological polar surface area (TPSA) is 21.3 Å². The molecule has 13 rings (SSSR count). The van der Waals surface area contributed by atoms with Gasteiger partial charge < -0.3 is 13.9 Å². The van der Waals surface area contributed by atoms with E-state index in [1.165, 1.54) is 44.1 Å². The number of rotatable bonds is 9. The summed E-state index contributed by atoms with van der Waals surface area (Å²) in [5, 5.41) is 4.63. The van der Waals surface area contributed by atoms with E-state index in [0.29, 0.717) is 0 Å². The Kier molecular flexibility index (Phi) is 9.84. The average Bonchev–Trinajstić information content (AvgIpc) is 3.97. The molecular weight excluding hydrogens is 837 g/mol. The Morgan fingerprint density at radius 2 is 0.783 bits per heavy atom. The summed E-state index contributed by atoms with van der Waals surface area (Å²) in [6.45, 7) is 0. The summed E-state index contributed by atoms with van der Waals surface area (Å²) < 4.78 is 9.01. The molecule has 324 valence electrons. The molecule has 0 saturated heterocycles. The van der Waals surface area contributed by atoms with Gasteiger partial charge in [0.2, 0.25) is 0 Å². The van der Waals surface area contributed by atoms with Crippen LogP contribution in [-0.2, 0) is 0 Å². The normalized spacial score (nSPS) is 11.5. The molecule has 0 fully saturated rings. The minimum Gasteiger partial charge on any atom is -0.456 e. The second kappa shape index (κ2) is 16.9.